The molecule has 0 saturated carbocycles. The van der Waals surface area contributed by atoms with E-state index >= 15 is 0 Å². The maximum atomic E-state index is 12.1. The van der Waals surface area contributed by atoms with Gasteiger partial charge in [0.25, 0.3) is 11.8 Å². The first-order chi connectivity index (χ1) is 10.2. The number of aliphatic hydroxyl groups excluding tert-OH is 1. The number of hydrogen-bond donors (Lipinski definition) is 2. The molecular weight excluding hydrogens is 270 g/mol. The summed E-state index contributed by atoms with van der Waals surface area (Å²) in [5.41, 5.74) is 1.57. The summed E-state index contributed by atoms with van der Waals surface area (Å²) in [5.74, 6) is -0.869. The van der Waals surface area contributed by atoms with Crippen LogP contribution in [-0.2, 0) is 9.59 Å². The number of nitrogens with one attached hydrogen (secondary N) is 1. The van der Waals surface area contributed by atoms with Gasteiger partial charge in [0.05, 0.1) is 24.4 Å². The molecule has 21 heavy (non-hydrogen) atoms. The quantitative estimate of drug-likeness (QED) is 0.814. The molecule has 0 radical (unpaired) electrons. The number of hydrogen-bond acceptors (Lipinski definition) is 5. The van der Waals surface area contributed by atoms with Crippen LogP contribution < -0.4 is 5.32 Å². The molecule has 1 aromatic heterocycles. The number of pyridine rings is 1. The maximum Gasteiger partial charge on any atom is 0.277 e. The predicted molar refractivity (Wildman–Crippen MR) is 77.3 cm³/mol. The smallest absolute Gasteiger partial charge is 0.277 e. The zero-order valence-electron chi connectivity index (χ0n) is 11.1. The molecule has 2 heterocycles. The highest BCUT2D eigenvalue weighted by Gasteiger charge is 2.30. The van der Waals surface area contributed by atoms with Gasteiger partial charge in [0.2, 0.25) is 0 Å². The number of anilines is 1. The molecule has 0 unspecified atom stereocenters. The molecule has 2 N–H and O–H groups in total. The van der Waals surface area contributed by atoms with Gasteiger partial charge in [0.15, 0.2) is 0 Å². The van der Waals surface area contributed by atoms with E-state index in [2.05, 4.69) is 10.3 Å². The second kappa shape index (κ2) is 5.34. The molecule has 1 aliphatic heterocycles. The summed E-state index contributed by atoms with van der Waals surface area (Å²) in [6.07, 6.45) is 2.90. The van der Waals surface area contributed by atoms with Gasteiger partial charge in [-0.1, -0.05) is 18.2 Å². The van der Waals surface area contributed by atoms with Crippen LogP contribution in [-0.4, -0.2) is 40.0 Å². The number of carbonyl (C=O) groups is 2. The van der Waals surface area contributed by atoms with Crippen molar-refractivity contribution in [3.8, 4) is 0 Å². The zero-order chi connectivity index (χ0) is 14.8. The van der Waals surface area contributed by atoms with Crippen molar-refractivity contribution in [1.29, 1.82) is 0 Å². The van der Waals surface area contributed by atoms with E-state index in [0.717, 1.165) is 15.8 Å². The lowest BCUT2D eigenvalue weighted by Crippen LogP contribution is -2.34. The zero-order valence-corrected chi connectivity index (χ0v) is 11.1. The summed E-state index contributed by atoms with van der Waals surface area (Å²) in [7, 11) is 0. The van der Waals surface area contributed by atoms with Gasteiger partial charge in [0.1, 0.15) is 5.70 Å². The first-order valence-electron chi connectivity index (χ1n) is 6.50. The average Bonchev–Trinajstić information content (AvgIpc) is 2.76. The van der Waals surface area contributed by atoms with E-state index in [-0.39, 0.29) is 18.8 Å². The molecular formula is C15H13N3O3. The molecule has 0 fully saturated rings. The van der Waals surface area contributed by atoms with Crippen LogP contribution in [0.3, 0.4) is 0 Å². The minimum atomic E-state index is -0.443. The number of nitrogens with zero attached hydrogens (tertiary/aromatic N) is 2. The number of para-hydroxylation sites is 1. The monoisotopic (exact) mass is 283 g/mol. The molecule has 2 amide bonds. The topological polar surface area (TPSA) is 82.5 Å². The Bertz CT molecular complexity index is 749. The van der Waals surface area contributed by atoms with E-state index in [1.54, 1.807) is 12.3 Å². The summed E-state index contributed by atoms with van der Waals surface area (Å²) in [6, 6.07) is 9.31. The SMILES string of the molecule is O=C1C=C(Nc2cccc3cccnc23)C(=O)N1CCO. The summed E-state index contributed by atoms with van der Waals surface area (Å²) in [4.78, 5) is 29.1. The molecule has 6 heteroatoms. The van der Waals surface area contributed by atoms with E-state index in [1.165, 1.54) is 6.08 Å². The number of benzene rings is 1. The van der Waals surface area contributed by atoms with Crippen LogP contribution in [0.25, 0.3) is 10.9 Å². The number of imide groups is 1. The van der Waals surface area contributed by atoms with Gasteiger partial charge in [0, 0.05) is 17.7 Å². The van der Waals surface area contributed by atoms with Gasteiger partial charge in [-0.25, -0.2) is 0 Å². The number of fused-ring (bicyclic) bond motifs is 1. The maximum absolute atomic E-state index is 12.1. The van der Waals surface area contributed by atoms with E-state index in [1.807, 2.05) is 24.3 Å². The second-order valence-corrected chi connectivity index (χ2v) is 4.58. The van der Waals surface area contributed by atoms with Crippen molar-refractivity contribution in [2.45, 2.75) is 0 Å². The van der Waals surface area contributed by atoms with E-state index in [9.17, 15) is 9.59 Å². The third-order valence-electron chi connectivity index (χ3n) is 3.24. The number of amides is 2. The van der Waals surface area contributed by atoms with Gasteiger partial charge in [-0.15, -0.1) is 0 Å². The highest BCUT2D eigenvalue weighted by atomic mass is 16.3. The Labute approximate surface area is 120 Å². The molecule has 0 atom stereocenters. The standard InChI is InChI=1S/C15H13N3O3/c19-8-7-18-13(20)9-12(15(18)21)17-11-5-1-3-10-4-2-6-16-14(10)11/h1-6,9,17,19H,7-8H2. The molecule has 1 aromatic carbocycles. The van der Waals surface area contributed by atoms with Crippen molar-refractivity contribution in [3.05, 3.63) is 48.3 Å². The van der Waals surface area contributed by atoms with Crippen molar-refractivity contribution in [3.63, 3.8) is 0 Å². The van der Waals surface area contributed by atoms with Crippen LogP contribution >= 0.6 is 0 Å². The van der Waals surface area contributed by atoms with Gasteiger partial charge in [-0.05, 0) is 12.1 Å². The third kappa shape index (κ3) is 2.36. The minimum Gasteiger partial charge on any atom is -0.395 e. The second-order valence-electron chi connectivity index (χ2n) is 4.58. The minimum absolute atomic E-state index is 0.00681. The van der Waals surface area contributed by atoms with Gasteiger partial charge in [-0.2, -0.15) is 0 Å². The third-order valence-corrected chi connectivity index (χ3v) is 3.24. The summed E-state index contributed by atoms with van der Waals surface area (Å²) < 4.78 is 0. The van der Waals surface area contributed by atoms with Crippen LogP contribution in [0, 0.1) is 0 Å². The number of rotatable bonds is 4. The Morgan fingerprint density at radius 2 is 2.00 bits per heavy atom. The van der Waals surface area contributed by atoms with Crippen LogP contribution in [0.1, 0.15) is 0 Å². The fourth-order valence-corrected chi connectivity index (χ4v) is 2.26. The largest absolute Gasteiger partial charge is 0.395 e. The van der Waals surface area contributed by atoms with E-state index < -0.39 is 11.8 Å². The van der Waals surface area contributed by atoms with Crippen molar-refractivity contribution in [1.82, 2.24) is 9.88 Å². The molecule has 0 aliphatic carbocycles. The molecule has 6 nitrogen and oxygen atoms in total. The Kier molecular flexibility index (Phi) is 3.37. The molecule has 1 aliphatic rings. The Morgan fingerprint density at radius 1 is 1.19 bits per heavy atom. The Balaban J connectivity index is 1.91. The molecule has 0 saturated heterocycles. The number of β-amino-alcohol motifs (C(OH)–C–C–N with tert-alkyl or cyclic N) is 1. The van der Waals surface area contributed by atoms with Crippen LogP contribution in [0.5, 0.6) is 0 Å². The first kappa shape index (κ1) is 13.3. The average molecular weight is 283 g/mol. The lowest BCUT2D eigenvalue weighted by Gasteiger charge is -2.13. The summed E-state index contributed by atoms with van der Waals surface area (Å²) >= 11 is 0. The van der Waals surface area contributed by atoms with Crippen LogP contribution in [0.4, 0.5) is 5.69 Å². The summed E-state index contributed by atoms with van der Waals surface area (Å²) in [5, 5.41) is 12.8. The highest BCUT2D eigenvalue weighted by molar-refractivity contribution is 6.17. The molecule has 3 rings (SSSR count). The Hall–Kier alpha value is -2.73. The fraction of sp³-hybridized carbons (Fsp3) is 0.133. The lowest BCUT2D eigenvalue weighted by molar-refractivity contribution is -0.137. The number of carbonyl (C=O) groups excluding carboxylic acids is 2. The van der Waals surface area contributed by atoms with Gasteiger partial charge >= 0.3 is 0 Å². The number of aromatic nitrogens is 1. The van der Waals surface area contributed by atoms with Crippen LogP contribution in [0.2, 0.25) is 0 Å². The van der Waals surface area contributed by atoms with Crippen molar-refractivity contribution in [2.75, 3.05) is 18.5 Å². The summed E-state index contributed by atoms with van der Waals surface area (Å²) in [6.45, 7) is -0.262. The van der Waals surface area contributed by atoms with Crippen molar-refractivity contribution in [2.24, 2.45) is 0 Å². The molecule has 0 spiro atoms. The first-order valence-corrected chi connectivity index (χ1v) is 6.50. The predicted octanol–water partition coefficient (Wildman–Crippen LogP) is 0.892. The highest BCUT2D eigenvalue weighted by Crippen LogP contribution is 2.24. The van der Waals surface area contributed by atoms with Crippen molar-refractivity contribution >= 4 is 28.4 Å². The van der Waals surface area contributed by atoms with E-state index in [0.29, 0.717) is 5.69 Å². The lowest BCUT2D eigenvalue weighted by atomic mass is 10.2. The van der Waals surface area contributed by atoms with Gasteiger partial charge < -0.3 is 10.4 Å². The molecule has 106 valence electrons. The van der Waals surface area contributed by atoms with Gasteiger partial charge in [-0.3, -0.25) is 19.5 Å². The molecule has 2 aromatic rings. The number of aliphatic hydroxyl groups is 1. The molecule has 0 bridgehead atoms. The fourth-order valence-electron chi connectivity index (χ4n) is 2.26. The van der Waals surface area contributed by atoms with Crippen LogP contribution in [0.15, 0.2) is 48.3 Å². The van der Waals surface area contributed by atoms with Crippen molar-refractivity contribution < 1.29 is 14.7 Å². The normalized spacial score (nSPS) is 14.7. The Morgan fingerprint density at radius 3 is 2.81 bits per heavy atom. The van der Waals surface area contributed by atoms with E-state index in [4.69, 9.17) is 5.11 Å².